The van der Waals surface area contributed by atoms with Gasteiger partial charge in [0.05, 0.1) is 10.8 Å². The average Bonchev–Trinajstić information content (AvgIpc) is 2.58. The number of benzene rings is 2. The van der Waals surface area contributed by atoms with E-state index in [9.17, 15) is 9.59 Å². The normalized spacial score (nSPS) is 10.2. The van der Waals surface area contributed by atoms with Crippen molar-refractivity contribution in [3.63, 3.8) is 0 Å². The zero-order valence-electron chi connectivity index (χ0n) is 13.3. The summed E-state index contributed by atoms with van der Waals surface area (Å²) in [6.07, 6.45) is 0. The van der Waals surface area contributed by atoms with E-state index in [0.717, 1.165) is 16.0 Å². The van der Waals surface area contributed by atoms with Crippen molar-refractivity contribution < 1.29 is 14.3 Å². The van der Waals surface area contributed by atoms with Gasteiger partial charge in [0, 0.05) is 11.4 Å². The van der Waals surface area contributed by atoms with Crippen LogP contribution in [0.4, 0.5) is 0 Å². The van der Waals surface area contributed by atoms with Crippen LogP contribution in [0.25, 0.3) is 0 Å². The smallest absolute Gasteiger partial charge is 0.316 e. The summed E-state index contributed by atoms with van der Waals surface area (Å²) < 4.78 is 4.97. The predicted molar refractivity (Wildman–Crippen MR) is 96.2 cm³/mol. The summed E-state index contributed by atoms with van der Waals surface area (Å²) in [6.45, 7) is 2.11. The van der Waals surface area contributed by atoms with E-state index in [2.05, 4.69) is 5.32 Å². The Kier molecular flexibility index (Phi) is 7.15. The van der Waals surface area contributed by atoms with Crippen molar-refractivity contribution in [3.8, 4) is 0 Å². The van der Waals surface area contributed by atoms with Gasteiger partial charge >= 0.3 is 5.97 Å². The first-order valence-corrected chi connectivity index (χ1v) is 8.77. The van der Waals surface area contributed by atoms with Gasteiger partial charge in [0.2, 0.25) is 0 Å². The van der Waals surface area contributed by atoms with Crippen LogP contribution >= 0.6 is 23.4 Å². The zero-order valence-corrected chi connectivity index (χ0v) is 14.8. The van der Waals surface area contributed by atoms with Crippen LogP contribution in [0.2, 0.25) is 5.02 Å². The molecule has 1 amide bonds. The number of carbonyl (C=O) groups excluding carboxylic acids is 2. The average molecular weight is 364 g/mol. The second-order valence-corrected chi connectivity index (χ2v) is 6.51. The summed E-state index contributed by atoms with van der Waals surface area (Å²) in [6, 6.07) is 15.0. The predicted octanol–water partition coefficient (Wildman–Crippen LogP) is 3.60. The number of thioether (sulfide) groups is 1. The second-order valence-electron chi connectivity index (χ2n) is 5.08. The van der Waals surface area contributed by atoms with Crippen LogP contribution < -0.4 is 5.32 Å². The SMILES string of the molecule is Cc1ccccc1CNC(=O)COC(=O)CSc1ccccc1Cl. The fourth-order valence-electron chi connectivity index (χ4n) is 1.94. The molecule has 4 nitrogen and oxygen atoms in total. The van der Waals surface area contributed by atoms with E-state index < -0.39 is 5.97 Å². The van der Waals surface area contributed by atoms with E-state index >= 15 is 0 Å². The molecule has 2 aromatic rings. The minimum Gasteiger partial charge on any atom is -0.455 e. The Bertz CT molecular complexity index is 659. The first kappa shape index (κ1) is 18.4. The van der Waals surface area contributed by atoms with Crippen LogP contribution in [0.15, 0.2) is 53.4 Å². The van der Waals surface area contributed by atoms with E-state index in [1.807, 2.05) is 49.4 Å². The van der Waals surface area contributed by atoms with Gasteiger partial charge in [-0.15, -0.1) is 11.8 Å². The summed E-state index contributed by atoms with van der Waals surface area (Å²) in [5.74, 6) is -0.672. The summed E-state index contributed by atoms with van der Waals surface area (Å²) in [4.78, 5) is 24.2. The number of rotatable bonds is 7. The number of ether oxygens (including phenoxy) is 1. The first-order chi connectivity index (χ1) is 11.6. The molecule has 1 N–H and O–H groups in total. The van der Waals surface area contributed by atoms with E-state index in [-0.39, 0.29) is 18.3 Å². The summed E-state index contributed by atoms with van der Waals surface area (Å²) >= 11 is 7.29. The Balaban J connectivity index is 1.69. The molecule has 0 aromatic heterocycles. The molecule has 0 saturated heterocycles. The summed E-state index contributed by atoms with van der Waals surface area (Å²) in [5.41, 5.74) is 2.14. The van der Waals surface area contributed by atoms with Crippen molar-refractivity contribution in [1.29, 1.82) is 0 Å². The molecule has 126 valence electrons. The fourth-order valence-corrected chi connectivity index (χ4v) is 2.98. The molecule has 0 unspecified atom stereocenters. The Morgan fingerprint density at radius 1 is 1.12 bits per heavy atom. The van der Waals surface area contributed by atoms with Gasteiger partial charge in [0.15, 0.2) is 6.61 Å². The molecule has 0 aliphatic carbocycles. The molecular formula is C18H18ClNO3S. The van der Waals surface area contributed by atoms with Crippen molar-refractivity contribution in [2.75, 3.05) is 12.4 Å². The van der Waals surface area contributed by atoms with E-state index in [4.69, 9.17) is 16.3 Å². The van der Waals surface area contributed by atoms with Gasteiger partial charge in [-0.3, -0.25) is 9.59 Å². The summed E-state index contributed by atoms with van der Waals surface area (Å²) in [5, 5.41) is 3.32. The molecule has 0 aliphatic rings. The van der Waals surface area contributed by atoms with E-state index in [1.165, 1.54) is 11.8 Å². The molecule has 2 rings (SSSR count). The van der Waals surface area contributed by atoms with Crippen LogP contribution in [-0.4, -0.2) is 24.2 Å². The number of halogens is 1. The molecule has 0 saturated carbocycles. The minimum atomic E-state index is -0.453. The first-order valence-electron chi connectivity index (χ1n) is 7.40. The number of amides is 1. The molecule has 0 heterocycles. The quantitative estimate of drug-likeness (QED) is 0.603. The monoisotopic (exact) mass is 363 g/mol. The molecular weight excluding hydrogens is 346 g/mol. The lowest BCUT2D eigenvalue weighted by molar-refractivity contribution is -0.145. The van der Waals surface area contributed by atoms with Crippen LogP contribution in [-0.2, 0) is 20.9 Å². The third-order valence-corrected chi connectivity index (χ3v) is 4.77. The third-order valence-electron chi connectivity index (χ3n) is 3.28. The Labute approximate surface area is 150 Å². The highest BCUT2D eigenvalue weighted by Crippen LogP contribution is 2.26. The highest BCUT2D eigenvalue weighted by Gasteiger charge is 2.09. The second kappa shape index (κ2) is 9.35. The van der Waals surface area contributed by atoms with Crippen LogP contribution in [0.1, 0.15) is 11.1 Å². The molecule has 0 atom stereocenters. The number of nitrogens with one attached hydrogen (secondary N) is 1. The lowest BCUT2D eigenvalue weighted by Gasteiger charge is -2.08. The molecule has 24 heavy (non-hydrogen) atoms. The van der Waals surface area contributed by atoms with E-state index in [1.54, 1.807) is 6.07 Å². The minimum absolute atomic E-state index is 0.106. The third kappa shape index (κ3) is 5.91. The number of carbonyl (C=O) groups is 2. The molecule has 0 radical (unpaired) electrons. The summed E-state index contributed by atoms with van der Waals surface area (Å²) in [7, 11) is 0. The van der Waals surface area contributed by atoms with Crippen molar-refractivity contribution in [3.05, 3.63) is 64.7 Å². The Morgan fingerprint density at radius 3 is 2.58 bits per heavy atom. The number of esters is 1. The largest absolute Gasteiger partial charge is 0.455 e. The van der Waals surface area contributed by atoms with E-state index in [0.29, 0.717) is 11.6 Å². The number of aryl methyl sites for hydroxylation is 1. The van der Waals surface area contributed by atoms with Crippen molar-refractivity contribution in [1.82, 2.24) is 5.32 Å². The zero-order chi connectivity index (χ0) is 17.4. The van der Waals surface area contributed by atoms with Gasteiger partial charge in [-0.05, 0) is 30.2 Å². The van der Waals surface area contributed by atoms with Gasteiger partial charge in [-0.1, -0.05) is 48.0 Å². The Morgan fingerprint density at radius 2 is 1.83 bits per heavy atom. The van der Waals surface area contributed by atoms with Crippen molar-refractivity contribution in [2.45, 2.75) is 18.4 Å². The van der Waals surface area contributed by atoms with Gasteiger partial charge in [-0.25, -0.2) is 0 Å². The standard InChI is InChI=1S/C18H18ClNO3S/c1-13-6-2-3-7-14(13)10-20-17(21)11-23-18(22)12-24-16-9-5-4-8-15(16)19/h2-9H,10-12H2,1H3,(H,20,21). The van der Waals surface area contributed by atoms with Crippen molar-refractivity contribution in [2.24, 2.45) is 0 Å². The molecule has 0 fully saturated rings. The van der Waals surface area contributed by atoms with Crippen LogP contribution in [0, 0.1) is 6.92 Å². The molecule has 6 heteroatoms. The van der Waals surface area contributed by atoms with Crippen LogP contribution in [0.5, 0.6) is 0 Å². The maximum atomic E-state index is 11.7. The maximum Gasteiger partial charge on any atom is 0.316 e. The number of hydrogen-bond acceptors (Lipinski definition) is 4. The van der Waals surface area contributed by atoms with Crippen LogP contribution in [0.3, 0.4) is 0 Å². The van der Waals surface area contributed by atoms with Gasteiger partial charge < -0.3 is 10.1 Å². The fraction of sp³-hybridized carbons (Fsp3) is 0.222. The maximum absolute atomic E-state index is 11.7. The van der Waals surface area contributed by atoms with Gasteiger partial charge in [-0.2, -0.15) is 0 Å². The topological polar surface area (TPSA) is 55.4 Å². The van der Waals surface area contributed by atoms with Gasteiger partial charge in [0.1, 0.15) is 0 Å². The lowest BCUT2D eigenvalue weighted by Crippen LogP contribution is -2.28. The number of hydrogen-bond donors (Lipinski definition) is 1. The molecule has 0 bridgehead atoms. The molecule has 0 spiro atoms. The molecule has 0 aliphatic heterocycles. The Hall–Kier alpha value is -1.98. The highest BCUT2D eigenvalue weighted by atomic mass is 35.5. The van der Waals surface area contributed by atoms with Gasteiger partial charge in [0.25, 0.3) is 5.91 Å². The van der Waals surface area contributed by atoms with Crippen molar-refractivity contribution >= 4 is 35.2 Å². The highest BCUT2D eigenvalue weighted by molar-refractivity contribution is 8.00. The molecule has 2 aromatic carbocycles. The lowest BCUT2D eigenvalue weighted by atomic mass is 10.1.